The van der Waals surface area contributed by atoms with E-state index in [1.165, 1.54) is 35.2 Å². The maximum absolute atomic E-state index is 13.6. The number of hydrogen-bond acceptors (Lipinski definition) is 3. The Bertz CT molecular complexity index is 1230. The number of anilines is 1. The topological polar surface area (TPSA) is 72.9 Å². The van der Waals surface area contributed by atoms with Crippen LogP contribution in [0.4, 0.5) is 19.3 Å². The largest absolute Gasteiger partial charge is 0.394 e. The van der Waals surface area contributed by atoms with Gasteiger partial charge in [0.1, 0.15) is 18.2 Å². The van der Waals surface area contributed by atoms with Gasteiger partial charge in [0.15, 0.2) is 0 Å². The van der Waals surface area contributed by atoms with Crippen LogP contribution >= 0.6 is 0 Å². The predicted molar refractivity (Wildman–Crippen MR) is 123 cm³/mol. The summed E-state index contributed by atoms with van der Waals surface area (Å²) in [5, 5.41) is 12.6. The number of benzene rings is 3. The van der Waals surface area contributed by atoms with E-state index in [4.69, 9.17) is 0 Å². The third kappa shape index (κ3) is 4.01. The molecule has 2 aliphatic heterocycles. The number of rotatable bonds is 4. The minimum Gasteiger partial charge on any atom is -0.394 e. The van der Waals surface area contributed by atoms with Crippen LogP contribution in [0, 0.1) is 11.6 Å². The summed E-state index contributed by atoms with van der Waals surface area (Å²) >= 11 is 0. The van der Waals surface area contributed by atoms with E-state index in [0.717, 1.165) is 16.7 Å². The Morgan fingerprint density at radius 1 is 0.971 bits per heavy atom. The fourth-order valence-corrected chi connectivity index (χ4v) is 4.99. The molecule has 3 amide bonds. The minimum absolute atomic E-state index is 0.112. The first-order valence-corrected chi connectivity index (χ1v) is 11.0. The van der Waals surface area contributed by atoms with Gasteiger partial charge in [0.2, 0.25) is 5.91 Å². The summed E-state index contributed by atoms with van der Waals surface area (Å²) in [5.41, 5.74) is 2.86. The summed E-state index contributed by atoms with van der Waals surface area (Å²) in [7, 11) is 0. The van der Waals surface area contributed by atoms with Gasteiger partial charge in [-0.2, -0.15) is 0 Å². The first-order chi connectivity index (χ1) is 16.4. The molecule has 34 heavy (non-hydrogen) atoms. The SMILES string of the molecule is O=C(Nc1cccc(F)c1)N1CC(=O)N2[C@H](CO)[C@H](c3ccc(-c4cccc(F)c4)cc3)[C@@H]2C1. The molecule has 2 saturated heterocycles. The smallest absolute Gasteiger partial charge is 0.322 e. The molecule has 2 heterocycles. The Balaban J connectivity index is 1.34. The highest BCUT2D eigenvalue weighted by Gasteiger charge is 2.54. The first-order valence-electron chi connectivity index (χ1n) is 11.0. The van der Waals surface area contributed by atoms with Gasteiger partial charge in [-0.25, -0.2) is 13.6 Å². The van der Waals surface area contributed by atoms with Crippen molar-refractivity contribution in [3.8, 4) is 11.1 Å². The van der Waals surface area contributed by atoms with Crippen LogP contribution in [0.5, 0.6) is 0 Å². The van der Waals surface area contributed by atoms with Crippen molar-refractivity contribution in [2.45, 2.75) is 18.0 Å². The molecule has 0 aliphatic carbocycles. The van der Waals surface area contributed by atoms with E-state index in [2.05, 4.69) is 5.32 Å². The van der Waals surface area contributed by atoms with Crippen molar-refractivity contribution in [1.29, 1.82) is 0 Å². The van der Waals surface area contributed by atoms with Crippen LogP contribution < -0.4 is 5.32 Å². The molecule has 2 fully saturated rings. The highest BCUT2D eigenvalue weighted by molar-refractivity contribution is 5.93. The Labute approximate surface area is 195 Å². The normalized spacial score (nSPS) is 21.6. The molecule has 0 saturated carbocycles. The number of halogens is 2. The standard InChI is InChI=1S/C26H23F2N3O3/c27-19-4-1-3-18(11-19)16-7-9-17(10-8-16)25-22-13-30(14-24(33)31(22)23(25)15-32)26(34)29-21-6-2-5-20(28)12-21/h1-12,22-23,25,32H,13-15H2,(H,29,34)/t22-,23+,25+/m0/s1. The number of carbonyl (C=O) groups is 2. The number of aliphatic hydroxyl groups excluding tert-OH is 1. The number of fused-ring (bicyclic) bond motifs is 1. The summed E-state index contributed by atoms with van der Waals surface area (Å²) in [4.78, 5) is 28.6. The third-order valence-corrected chi connectivity index (χ3v) is 6.57. The van der Waals surface area contributed by atoms with E-state index in [0.29, 0.717) is 12.2 Å². The van der Waals surface area contributed by atoms with Gasteiger partial charge in [0, 0.05) is 18.2 Å². The van der Waals surface area contributed by atoms with E-state index >= 15 is 0 Å². The molecule has 0 bridgehead atoms. The van der Waals surface area contributed by atoms with E-state index in [9.17, 15) is 23.5 Å². The summed E-state index contributed by atoms with van der Waals surface area (Å²) in [5.74, 6) is -1.17. The van der Waals surface area contributed by atoms with E-state index in [1.807, 2.05) is 30.3 Å². The maximum atomic E-state index is 13.6. The van der Waals surface area contributed by atoms with Gasteiger partial charge in [0.05, 0.1) is 18.7 Å². The predicted octanol–water partition coefficient (Wildman–Crippen LogP) is 3.83. The van der Waals surface area contributed by atoms with E-state index in [1.54, 1.807) is 17.0 Å². The lowest BCUT2D eigenvalue weighted by atomic mass is 9.73. The number of nitrogens with zero attached hydrogens (tertiary/aromatic N) is 2. The van der Waals surface area contributed by atoms with Gasteiger partial charge in [0.25, 0.3) is 0 Å². The Hall–Kier alpha value is -3.78. The lowest BCUT2D eigenvalue weighted by Crippen LogP contribution is -2.73. The molecule has 3 aromatic carbocycles. The molecule has 3 atom stereocenters. The highest BCUT2D eigenvalue weighted by atomic mass is 19.1. The molecular formula is C26H23F2N3O3. The van der Waals surface area contributed by atoms with Crippen molar-refractivity contribution in [3.63, 3.8) is 0 Å². The summed E-state index contributed by atoms with van der Waals surface area (Å²) < 4.78 is 27.0. The number of piperazine rings is 1. The molecule has 0 radical (unpaired) electrons. The molecule has 0 unspecified atom stereocenters. The van der Waals surface area contributed by atoms with Gasteiger partial charge in [-0.15, -0.1) is 0 Å². The lowest BCUT2D eigenvalue weighted by molar-refractivity contribution is -0.159. The molecule has 2 N–H and O–H groups in total. The molecule has 3 aromatic rings. The second kappa shape index (κ2) is 8.87. The number of amides is 3. The number of nitrogens with one attached hydrogen (secondary N) is 1. The minimum atomic E-state index is -0.480. The molecular weight excluding hydrogens is 440 g/mol. The number of carbonyl (C=O) groups excluding carboxylic acids is 2. The molecule has 6 nitrogen and oxygen atoms in total. The summed E-state index contributed by atoms with van der Waals surface area (Å²) in [6.07, 6.45) is 0. The molecule has 5 rings (SSSR count). The third-order valence-electron chi connectivity index (χ3n) is 6.57. The van der Waals surface area contributed by atoms with Crippen LogP contribution in [0.15, 0.2) is 72.8 Å². The molecule has 2 aliphatic rings. The Kier molecular flexibility index (Phi) is 5.75. The summed E-state index contributed by atoms with van der Waals surface area (Å²) in [6.45, 7) is -0.00682. The van der Waals surface area contributed by atoms with Crippen LogP contribution in [0.25, 0.3) is 11.1 Å². The molecule has 8 heteroatoms. The zero-order valence-electron chi connectivity index (χ0n) is 18.2. The molecule has 0 spiro atoms. The second-order valence-corrected chi connectivity index (χ2v) is 8.60. The average Bonchev–Trinajstić information content (AvgIpc) is 2.80. The van der Waals surface area contributed by atoms with Crippen molar-refractivity contribution in [2.75, 3.05) is 25.0 Å². The number of urea groups is 1. The summed E-state index contributed by atoms with van der Waals surface area (Å²) in [6, 6.07) is 18.4. The van der Waals surface area contributed by atoms with Crippen LogP contribution in [-0.4, -0.2) is 58.6 Å². The average molecular weight is 463 g/mol. The highest BCUT2D eigenvalue weighted by Crippen LogP contribution is 2.43. The van der Waals surface area contributed by atoms with Gasteiger partial charge < -0.3 is 20.2 Å². The fraction of sp³-hybridized carbons (Fsp3) is 0.231. The molecule has 0 aromatic heterocycles. The van der Waals surface area contributed by atoms with Crippen molar-refractivity contribution in [3.05, 3.63) is 90.0 Å². The molecule has 174 valence electrons. The van der Waals surface area contributed by atoms with Gasteiger partial charge >= 0.3 is 6.03 Å². The van der Waals surface area contributed by atoms with Crippen LogP contribution in [0.3, 0.4) is 0 Å². The van der Waals surface area contributed by atoms with Crippen LogP contribution in [0.2, 0.25) is 0 Å². The fourth-order valence-electron chi connectivity index (χ4n) is 4.99. The second-order valence-electron chi connectivity index (χ2n) is 8.60. The van der Waals surface area contributed by atoms with E-state index < -0.39 is 11.8 Å². The number of aliphatic hydroxyl groups is 1. The van der Waals surface area contributed by atoms with Crippen molar-refractivity contribution < 1.29 is 23.5 Å². The Morgan fingerprint density at radius 3 is 2.35 bits per heavy atom. The zero-order valence-corrected chi connectivity index (χ0v) is 18.2. The monoisotopic (exact) mass is 463 g/mol. The van der Waals surface area contributed by atoms with E-state index in [-0.39, 0.29) is 42.9 Å². The van der Waals surface area contributed by atoms with Gasteiger partial charge in [-0.05, 0) is 47.0 Å². The lowest BCUT2D eigenvalue weighted by Gasteiger charge is -2.58. The van der Waals surface area contributed by atoms with Gasteiger partial charge in [-0.3, -0.25) is 4.79 Å². The first kappa shape index (κ1) is 22.0. The van der Waals surface area contributed by atoms with Crippen molar-refractivity contribution in [2.24, 2.45) is 0 Å². The van der Waals surface area contributed by atoms with Crippen molar-refractivity contribution >= 4 is 17.6 Å². The van der Waals surface area contributed by atoms with Crippen LogP contribution in [-0.2, 0) is 4.79 Å². The van der Waals surface area contributed by atoms with Crippen molar-refractivity contribution in [1.82, 2.24) is 9.80 Å². The maximum Gasteiger partial charge on any atom is 0.322 e. The van der Waals surface area contributed by atoms with Gasteiger partial charge in [-0.1, -0.05) is 42.5 Å². The number of hydrogen-bond donors (Lipinski definition) is 2. The zero-order chi connectivity index (χ0) is 23.8. The Morgan fingerprint density at radius 2 is 1.68 bits per heavy atom. The van der Waals surface area contributed by atoms with Crippen LogP contribution in [0.1, 0.15) is 11.5 Å². The quantitative estimate of drug-likeness (QED) is 0.618.